The van der Waals surface area contributed by atoms with Crippen LogP contribution >= 0.6 is 0 Å². The van der Waals surface area contributed by atoms with Crippen LogP contribution in [-0.2, 0) is 4.74 Å². The fraction of sp³-hybridized carbons (Fsp3) is 0.650. The number of hydrogen-bond donors (Lipinski definition) is 3. The number of hydrogen-bond acceptors (Lipinski definition) is 4. The van der Waals surface area contributed by atoms with Gasteiger partial charge in [-0.2, -0.15) is 0 Å². The fourth-order valence-electron chi connectivity index (χ4n) is 2.86. The highest BCUT2D eigenvalue weighted by Gasteiger charge is 2.13. The lowest BCUT2D eigenvalue weighted by Crippen LogP contribution is -2.45. The molecule has 1 aliphatic heterocycles. The van der Waals surface area contributed by atoms with Crippen LogP contribution in [0.3, 0.4) is 0 Å². The summed E-state index contributed by atoms with van der Waals surface area (Å²) in [5, 5.41) is 10.4. The number of guanidine groups is 1. The average molecular weight is 362 g/mol. The Hall–Kier alpha value is -1.79. The van der Waals surface area contributed by atoms with Crippen LogP contribution in [-0.4, -0.2) is 69.4 Å². The van der Waals surface area contributed by atoms with Gasteiger partial charge in [-0.15, -0.1) is 0 Å². The van der Waals surface area contributed by atoms with Crippen molar-refractivity contribution in [3.8, 4) is 0 Å². The van der Waals surface area contributed by atoms with E-state index in [2.05, 4.69) is 65.9 Å². The molecule has 0 spiro atoms. The molecule has 0 aromatic heterocycles. The molecule has 1 aromatic rings. The minimum Gasteiger partial charge on any atom is -0.380 e. The van der Waals surface area contributed by atoms with Gasteiger partial charge in [0.1, 0.15) is 0 Å². The Labute approximate surface area is 158 Å². The van der Waals surface area contributed by atoms with Crippen molar-refractivity contribution in [2.45, 2.75) is 26.8 Å². The van der Waals surface area contributed by atoms with E-state index in [0.29, 0.717) is 12.0 Å². The predicted octanol–water partition coefficient (Wildman–Crippen LogP) is 2.01. The lowest BCUT2D eigenvalue weighted by Gasteiger charge is -2.27. The molecule has 0 radical (unpaired) electrons. The number of ether oxygens (including phenoxy) is 1. The Morgan fingerprint density at radius 1 is 1.15 bits per heavy atom. The summed E-state index contributed by atoms with van der Waals surface area (Å²) in [6, 6.07) is 10.7. The summed E-state index contributed by atoms with van der Waals surface area (Å²) in [5.74, 6) is 1.39. The molecule has 0 amide bonds. The SMILES string of the molecule is CCNC(=NCC(Nc1ccccc1)C(C)C)NCCN1CCOCC1. The zero-order chi connectivity index (χ0) is 18.6. The third-order valence-electron chi connectivity index (χ3n) is 4.55. The van der Waals surface area contributed by atoms with Gasteiger partial charge in [0.25, 0.3) is 0 Å². The molecule has 1 aliphatic rings. The van der Waals surface area contributed by atoms with E-state index in [9.17, 15) is 0 Å². The number of nitrogens with zero attached hydrogens (tertiary/aromatic N) is 2. The van der Waals surface area contributed by atoms with Gasteiger partial charge in [0, 0.05) is 44.5 Å². The van der Waals surface area contributed by atoms with Crippen molar-refractivity contribution in [1.29, 1.82) is 0 Å². The quantitative estimate of drug-likeness (QED) is 0.464. The molecule has 6 heteroatoms. The number of benzene rings is 1. The molecule has 1 atom stereocenters. The highest BCUT2D eigenvalue weighted by Crippen LogP contribution is 2.12. The Balaban J connectivity index is 1.83. The number of morpholine rings is 1. The number of aliphatic imine (C=N–C) groups is 1. The molecule has 1 saturated heterocycles. The number of nitrogens with one attached hydrogen (secondary N) is 3. The molecule has 1 aromatic carbocycles. The van der Waals surface area contributed by atoms with Crippen molar-refractivity contribution in [2.75, 3.05) is 57.8 Å². The van der Waals surface area contributed by atoms with Gasteiger partial charge in [-0.25, -0.2) is 0 Å². The van der Waals surface area contributed by atoms with Crippen LogP contribution in [0.25, 0.3) is 0 Å². The smallest absolute Gasteiger partial charge is 0.191 e. The summed E-state index contributed by atoms with van der Waals surface area (Å²) >= 11 is 0. The third-order valence-corrected chi connectivity index (χ3v) is 4.55. The molecule has 0 saturated carbocycles. The first-order valence-electron chi connectivity index (χ1n) is 9.83. The first kappa shape index (κ1) is 20.5. The van der Waals surface area contributed by atoms with E-state index in [0.717, 1.165) is 64.1 Å². The standard InChI is InChI=1S/C20H35N5O/c1-4-21-20(22-10-11-25-12-14-26-15-13-25)23-16-19(17(2)3)24-18-8-6-5-7-9-18/h5-9,17,19,24H,4,10-16H2,1-3H3,(H2,21,22,23). The monoisotopic (exact) mass is 361 g/mol. The maximum Gasteiger partial charge on any atom is 0.191 e. The molecule has 146 valence electrons. The molecule has 6 nitrogen and oxygen atoms in total. The van der Waals surface area contributed by atoms with Crippen LogP contribution < -0.4 is 16.0 Å². The topological polar surface area (TPSA) is 60.9 Å². The summed E-state index contributed by atoms with van der Waals surface area (Å²) in [6.07, 6.45) is 0. The minimum absolute atomic E-state index is 0.298. The van der Waals surface area contributed by atoms with E-state index < -0.39 is 0 Å². The molecule has 0 bridgehead atoms. The Kier molecular flexibility index (Phi) is 9.28. The first-order chi connectivity index (χ1) is 12.7. The largest absolute Gasteiger partial charge is 0.380 e. The fourth-order valence-corrected chi connectivity index (χ4v) is 2.86. The van der Waals surface area contributed by atoms with Gasteiger partial charge in [0.05, 0.1) is 19.8 Å². The lowest BCUT2D eigenvalue weighted by atomic mass is 10.0. The van der Waals surface area contributed by atoms with Crippen LogP contribution in [0.4, 0.5) is 5.69 Å². The summed E-state index contributed by atoms with van der Waals surface area (Å²) in [5.41, 5.74) is 1.15. The van der Waals surface area contributed by atoms with E-state index >= 15 is 0 Å². The number of anilines is 1. The van der Waals surface area contributed by atoms with Crippen LogP contribution in [0.15, 0.2) is 35.3 Å². The van der Waals surface area contributed by atoms with E-state index in [1.165, 1.54) is 0 Å². The predicted molar refractivity (Wildman–Crippen MR) is 110 cm³/mol. The first-order valence-corrected chi connectivity index (χ1v) is 9.83. The second kappa shape index (κ2) is 11.8. The van der Waals surface area contributed by atoms with Gasteiger partial charge in [-0.3, -0.25) is 9.89 Å². The molecular formula is C20H35N5O. The van der Waals surface area contributed by atoms with Gasteiger partial charge in [-0.05, 0) is 25.0 Å². The molecule has 0 aliphatic carbocycles. The van der Waals surface area contributed by atoms with Crippen LogP contribution in [0.5, 0.6) is 0 Å². The summed E-state index contributed by atoms with van der Waals surface area (Å²) in [6.45, 7) is 13.8. The maximum absolute atomic E-state index is 5.40. The van der Waals surface area contributed by atoms with Crippen molar-refractivity contribution in [3.63, 3.8) is 0 Å². The second-order valence-corrected chi connectivity index (χ2v) is 6.96. The minimum atomic E-state index is 0.298. The van der Waals surface area contributed by atoms with Gasteiger partial charge in [0.15, 0.2) is 5.96 Å². The Morgan fingerprint density at radius 2 is 1.88 bits per heavy atom. The average Bonchev–Trinajstić information content (AvgIpc) is 2.66. The van der Waals surface area contributed by atoms with Gasteiger partial charge in [0.2, 0.25) is 0 Å². The van der Waals surface area contributed by atoms with Crippen molar-refractivity contribution in [3.05, 3.63) is 30.3 Å². The van der Waals surface area contributed by atoms with Crippen molar-refractivity contribution in [2.24, 2.45) is 10.9 Å². The highest BCUT2D eigenvalue weighted by atomic mass is 16.5. The highest BCUT2D eigenvalue weighted by molar-refractivity contribution is 5.79. The molecule has 1 unspecified atom stereocenters. The van der Waals surface area contributed by atoms with Crippen LogP contribution in [0.2, 0.25) is 0 Å². The third kappa shape index (κ3) is 7.62. The maximum atomic E-state index is 5.40. The number of rotatable bonds is 9. The molecule has 1 fully saturated rings. The second-order valence-electron chi connectivity index (χ2n) is 6.96. The molecule has 1 heterocycles. The molecule has 26 heavy (non-hydrogen) atoms. The van der Waals surface area contributed by atoms with Gasteiger partial charge in [-0.1, -0.05) is 32.0 Å². The normalized spacial score (nSPS) is 17.2. The zero-order valence-electron chi connectivity index (χ0n) is 16.5. The van der Waals surface area contributed by atoms with Gasteiger partial charge >= 0.3 is 0 Å². The van der Waals surface area contributed by atoms with Crippen LogP contribution in [0, 0.1) is 5.92 Å². The summed E-state index contributed by atoms with van der Waals surface area (Å²) in [7, 11) is 0. The van der Waals surface area contributed by atoms with E-state index in [1.807, 2.05) is 6.07 Å². The van der Waals surface area contributed by atoms with Crippen LogP contribution in [0.1, 0.15) is 20.8 Å². The summed E-state index contributed by atoms with van der Waals surface area (Å²) < 4.78 is 5.40. The molecule has 2 rings (SSSR count). The van der Waals surface area contributed by atoms with Crippen molar-refractivity contribution >= 4 is 11.6 Å². The van der Waals surface area contributed by atoms with E-state index in [-0.39, 0.29) is 0 Å². The Bertz CT molecular complexity index is 514. The summed E-state index contributed by atoms with van der Waals surface area (Å²) in [4.78, 5) is 7.23. The van der Waals surface area contributed by atoms with Crippen molar-refractivity contribution in [1.82, 2.24) is 15.5 Å². The van der Waals surface area contributed by atoms with Gasteiger partial charge < -0.3 is 20.7 Å². The van der Waals surface area contributed by atoms with E-state index in [1.54, 1.807) is 0 Å². The molecular weight excluding hydrogens is 326 g/mol. The number of para-hydroxylation sites is 1. The van der Waals surface area contributed by atoms with E-state index in [4.69, 9.17) is 9.73 Å². The van der Waals surface area contributed by atoms with Crippen molar-refractivity contribution < 1.29 is 4.74 Å². The zero-order valence-corrected chi connectivity index (χ0v) is 16.5. The molecule has 3 N–H and O–H groups in total. The lowest BCUT2D eigenvalue weighted by molar-refractivity contribution is 0.0389. The Morgan fingerprint density at radius 3 is 2.54 bits per heavy atom.